The van der Waals surface area contributed by atoms with Gasteiger partial charge in [0.15, 0.2) is 0 Å². The van der Waals surface area contributed by atoms with Crippen LogP contribution in [0.15, 0.2) is 61.2 Å². The molecule has 0 spiro atoms. The first-order valence-corrected chi connectivity index (χ1v) is 7.98. The van der Waals surface area contributed by atoms with Crippen LogP contribution in [0, 0.1) is 0 Å². The third-order valence-corrected chi connectivity index (χ3v) is 3.62. The second-order valence-corrected chi connectivity index (χ2v) is 5.74. The van der Waals surface area contributed by atoms with Crippen LogP contribution in [0.4, 0.5) is 4.79 Å². The van der Waals surface area contributed by atoms with Gasteiger partial charge in [-0.1, -0.05) is 29.8 Å². The van der Waals surface area contributed by atoms with E-state index >= 15 is 0 Å². The molecule has 0 heterocycles. The molecule has 4 N–H and O–H groups in total. The number of nitrogens with two attached hydrogens (primary N) is 1. The lowest BCUT2D eigenvalue weighted by molar-refractivity contribution is -0.129. The predicted molar refractivity (Wildman–Crippen MR) is 97.1 cm³/mol. The molecule has 0 fully saturated rings. The fourth-order valence-corrected chi connectivity index (χ4v) is 2.25. The smallest absolute Gasteiger partial charge is 0.339 e. The number of nitrogens with zero attached hydrogens (tertiary/aromatic N) is 1. The molecular weight excluding hydrogens is 358 g/mol. The van der Waals surface area contributed by atoms with Gasteiger partial charge in [0.1, 0.15) is 18.0 Å². The molecule has 8 heteroatoms. The van der Waals surface area contributed by atoms with Gasteiger partial charge in [0.2, 0.25) is 5.91 Å². The van der Waals surface area contributed by atoms with Crippen LogP contribution in [-0.4, -0.2) is 28.8 Å². The van der Waals surface area contributed by atoms with Gasteiger partial charge in [0.05, 0.1) is 6.04 Å². The summed E-state index contributed by atoms with van der Waals surface area (Å²) in [6.07, 6.45) is 1.52. The number of hydrogen-bond acceptors (Lipinski definition) is 4. The molecule has 2 aromatic rings. The Bertz CT molecular complexity index is 795. The van der Waals surface area contributed by atoms with E-state index < -0.39 is 24.5 Å². The van der Waals surface area contributed by atoms with Crippen LogP contribution < -0.4 is 15.8 Å². The summed E-state index contributed by atoms with van der Waals surface area (Å²) in [6, 6.07) is 12.3. The van der Waals surface area contributed by atoms with Gasteiger partial charge in [-0.15, -0.1) is 6.58 Å². The topological polar surface area (TPSA) is 105 Å². The molecule has 0 aliphatic rings. The molecule has 2 aromatic carbocycles. The van der Waals surface area contributed by atoms with E-state index in [2.05, 4.69) is 11.9 Å². The molecule has 2 rings (SSSR count). The third kappa shape index (κ3) is 5.51. The van der Waals surface area contributed by atoms with E-state index in [-0.39, 0.29) is 5.06 Å². The molecule has 0 bridgehead atoms. The van der Waals surface area contributed by atoms with Crippen molar-refractivity contribution in [1.29, 1.82) is 0 Å². The van der Waals surface area contributed by atoms with Crippen molar-refractivity contribution in [2.24, 2.45) is 5.73 Å². The van der Waals surface area contributed by atoms with Crippen LogP contribution in [0.2, 0.25) is 5.02 Å². The normalized spacial score (nSPS) is 11.3. The van der Waals surface area contributed by atoms with Gasteiger partial charge in [0.25, 0.3) is 0 Å². The van der Waals surface area contributed by atoms with Crippen molar-refractivity contribution >= 4 is 23.5 Å². The monoisotopic (exact) mass is 375 g/mol. The Morgan fingerprint density at radius 3 is 2.58 bits per heavy atom. The van der Waals surface area contributed by atoms with Gasteiger partial charge in [-0.05, 0) is 42.0 Å². The number of benzene rings is 2. The van der Waals surface area contributed by atoms with E-state index in [1.54, 1.807) is 48.5 Å². The highest BCUT2D eigenvalue weighted by atomic mass is 35.5. The molecule has 26 heavy (non-hydrogen) atoms. The van der Waals surface area contributed by atoms with Crippen molar-refractivity contribution in [3.05, 3.63) is 71.8 Å². The SMILES string of the molecule is C=CC(NC(=O)CN(O)C(N)=O)c1cccc(Oc2ccc(Cl)cc2)c1. The zero-order chi connectivity index (χ0) is 19.1. The molecular formula is C18H18ClN3O4. The number of amides is 3. The zero-order valence-electron chi connectivity index (χ0n) is 13.8. The number of hydroxylamine groups is 2. The summed E-state index contributed by atoms with van der Waals surface area (Å²) >= 11 is 5.85. The summed E-state index contributed by atoms with van der Waals surface area (Å²) in [7, 11) is 0. The largest absolute Gasteiger partial charge is 0.457 e. The number of halogens is 1. The number of ether oxygens (including phenoxy) is 1. The Kier molecular flexibility index (Phi) is 6.60. The second-order valence-electron chi connectivity index (χ2n) is 5.31. The lowest BCUT2D eigenvalue weighted by Crippen LogP contribution is -2.42. The van der Waals surface area contributed by atoms with Crippen molar-refractivity contribution < 1.29 is 19.5 Å². The highest BCUT2D eigenvalue weighted by Crippen LogP contribution is 2.26. The van der Waals surface area contributed by atoms with E-state index in [1.807, 2.05) is 0 Å². The van der Waals surface area contributed by atoms with Crippen molar-refractivity contribution in [2.45, 2.75) is 6.04 Å². The maximum Gasteiger partial charge on any atom is 0.339 e. The number of carbonyl (C=O) groups is 2. The number of primary amides is 1. The number of nitrogens with one attached hydrogen (secondary N) is 1. The van der Waals surface area contributed by atoms with Crippen LogP contribution in [0.5, 0.6) is 11.5 Å². The van der Waals surface area contributed by atoms with Gasteiger partial charge in [-0.2, -0.15) is 5.06 Å². The lowest BCUT2D eigenvalue weighted by Gasteiger charge is -2.18. The summed E-state index contributed by atoms with van der Waals surface area (Å²) in [4.78, 5) is 22.7. The number of hydrogen-bond donors (Lipinski definition) is 3. The molecule has 136 valence electrons. The van der Waals surface area contributed by atoms with E-state index in [9.17, 15) is 14.8 Å². The summed E-state index contributed by atoms with van der Waals surface area (Å²) in [5.74, 6) is 0.579. The fourth-order valence-electron chi connectivity index (χ4n) is 2.12. The zero-order valence-corrected chi connectivity index (χ0v) is 14.5. The lowest BCUT2D eigenvalue weighted by atomic mass is 10.1. The summed E-state index contributed by atoms with van der Waals surface area (Å²) < 4.78 is 5.75. The van der Waals surface area contributed by atoms with Gasteiger partial charge < -0.3 is 15.8 Å². The Morgan fingerprint density at radius 1 is 1.27 bits per heavy atom. The predicted octanol–water partition coefficient (Wildman–Crippen LogP) is 3.25. The first-order valence-electron chi connectivity index (χ1n) is 7.60. The summed E-state index contributed by atoms with van der Waals surface area (Å²) in [5.41, 5.74) is 5.58. The van der Waals surface area contributed by atoms with Crippen LogP contribution in [0.3, 0.4) is 0 Å². The Morgan fingerprint density at radius 2 is 1.96 bits per heavy atom. The first-order chi connectivity index (χ1) is 12.4. The summed E-state index contributed by atoms with van der Waals surface area (Å²) in [5, 5.41) is 12.6. The average molecular weight is 376 g/mol. The van der Waals surface area contributed by atoms with Gasteiger partial charge >= 0.3 is 6.03 Å². The van der Waals surface area contributed by atoms with Crippen LogP contribution >= 0.6 is 11.6 Å². The highest BCUT2D eigenvalue weighted by molar-refractivity contribution is 6.30. The van der Waals surface area contributed by atoms with Crippen molar-refractivity contribution in [3.63, 3.8) is 0 Å². The van der Waals surface area contributed by atoms with Crippen molar-refractivity contribution in [1.82, 2.24) is 10.4 Å². The standard InChI is InChI=1S/C18H18ClN3O4/c1-2-16(21-17(23)11-22(25)18(20)24)12-4-3-5-15(10-12)26-14-8-6-13(19)7-9-14/h2-10,16,25H,1,11H2,(H2,20,24)(H,21,23). The maximum atomic E-state index is 11.9. The van der Waals surface area contributed by atoms with Crippen molar-refractivity contribution in [3.8, 4) is 11.5 Å². The molecule has 7 nitrogen and oxygen atoms in total. The van der Waals surface area contributed by atoms with E-state index in [0.717, 1.165) is 0 Å². The van der Waals surface area contributed by atoms with Gasteiger partial charge in [-0.25, -0.2) is 4.79 Å². The Balaban J connectivity index is 2.08. The number of rotatable bonds is 7. The molecule has 3 amide bonds. The molecule has 0 aliphatic carbocycles. The molecule has 0 saturated heterocycles. The summed E-state index contributed by atoms with van der Waals surface area (Å²) in [6.45, 7) is 3.11. The van der Waals surface area contributed by atoms with Crippen LogP contribution in [-0.2, 0) is 4.79 Å². The Hall–Kier alpha value is -3.03. The number of urea groups is 1. The quantitative estimate of drug-likeness (QED) is 0.392. The molecule has 0 aromatic heterocycles. The molecule has 1 unspecified atom stereocenters. The minimum Gasteiger partial charge on any atom is -0.457 e. The fraction of sp³-hybridized carbons (Fsp3) is 0.111. The maximum absolute atomic E-state index is 11.9. The molecule has 0 aliphatic heterocycles. The van der Waals surface area contributed by atoms with Crippen LogP contribution in [0.25, 0.3) is 0 Å². The number of carbonyl (C=O) groups excluding carboxylic acids is 2. The van der Waals surface area contributed by atoms with Crippen LogP contribution in [0.1, 0.15) is 11.6 Å². The highest BCUT2D eigenvalue weighted by Gasteiger charge is 2.16. The van der Waals surface area contributed by atoms with E-state index in [1.165, 1.54) is 6.08 Å². The van der Waals surface area contributed by atoms with Gasteiger partial charge in [0, 0.05) is 5.02 Å². The second kappa shape index (κ2) is 8.89. The van der Waals surface area contributed by atoms with Crippen molar-refractivity contribution in [2.75, 3.05) is 6.54 Å². The minimum atomic E-state index is -1.12. The molecule has 0 saturated carbocycles. The molecule has 0 radical (unpaired) electrons. The third-order valence-electron chi connectivity index (χ3n) is 3.37. The molecule has 1 atom stereocenters. The minimum absolute atomic E-state index is 0.121. The average Bonchev–Trinajstić information content (AvgIpc) is 2.61. The van der Waals surface area contributed by atoms with E-state index in [0.29, 0.717) is 22.1 Å². The Labute approximate surface area is 155 Å². The van der Waals surface area contributed by atoms with Gasteiger partial charge in [-0.3, -0.25) is 10.0 Å². The van der Waals surface area contributed by atoms with E-state index in [4.69, 9.17) is 22.1 Å². The first kappa shape index (κ1) is 19.3.